The van der Waals surface area contributed by atoms with Crippen LogP contribution in [-0.4, -0.2) is 49.6 Å². The summed E-state index contributed by atoms with van der Waals surface area (Å²) in [5, 5.41) is 3.49. The highest BCUT2D eigenvalue weighted by Crippen LogP contribution is 2.40. The number of benzene rings is 2. The molecule has 5 rings (SSSR count). The highest BCUT2D eigenvalue weighted by Gasteiger charge is 2.46. The maximum absolute atomic E-state index is 15.2. The molecular weight excluding hydrogens is 626 g/mol. The Morgan fingerprint density at radius 2 is 1.74 bits per heavy atom. The second kappa shape index (κ2) is 11.8. The van der Waals surface area contributed by atoms with Crippen molar-refractivity contribution in [3.8, 4) is 5.75 Å². The number of nitrogens with one attached hydrogen (secondary N) is 1. The normalized spacial score (nSPS) is 18.6. The minimum atomic E-state index is -5.61. The van der Waals surface area contributed by atoms with Gasteiger partial charge in [0.15, 0.2) is 17.5 Å². The van der Waals surface area contributed by atoms with Crippen molar-refractivity contribution in [2.24, 2.45) is 0 Å². The molecule has 3 heterocycles. The average Bonchev–Trinajstić information content (AvgIpc) is 3.71. The van der Waals surface area contributed by atoms with Gasteiger partial charge in [-0.05, 0) is 49.9 Å². The van der Waals surface area contributed by atoms with E-state index in [1.807, 2.05) is 0 Å². The number of thiazole rings is 1. The molecule has 0 radical (unpaired) electrons. The van der Waals surface area contributed by atoms with E-state index in [-0.39, 0.29) is 12.1 Å². The highest BCUT2D eigenvalue weighted by atomic mass is 32.2. The van der Waals surface area contributed by atoms with Gasteiger partial charge in [0.1, 0.15) is 16.5 Å². The van der Waals surface area contributed by atoms with Crippen molar-refractivity contribution in [2.75, 3.05) is 16.9 Å². The van der Waals surface area contributed by atoms with Gasteiger partial charge in [-0.1, -0.05) is 4.47 Å². The summed E-state index contributed by atoms with van der Waals surface area (Å²) >= 11 is 0.736. The number of methoxy groups -OCH3 is 1. The smallest absolute Gasteiger partial charge is 0.493 e. The molecule has 2 aliphatic heterocycles. The molecule has 0 unspecified atom stereocenters. The van der Waals surface area contributed by atoms with Crippen LogP contribution in [0.3, 0.4) is 0 Å². The second-order valence-corrected chi connectivity index (χ2v) is 12.3. The summed E-state index contributed by atoms with van der Waals surface area (Å²) in [5.41, 5.74) is 1.12. The van der Waals surface area contributed by atoms with E-state index in [1.54, 1.807) is 0 Å². The van der Waals surface area contributed by atoms with E-state index in [4.69, 9.17) is 4.74 Å². The molecule has 1 aromatic heterocycles. The summed E-state index contributed by atoms with van der Waals surface area (Å²) in [4.78, 5) is 19.8. The summed E-state index contributed by atoms with van der Waals surface area (Å²) in [6, 6.07) is 4.76. The van der Waals surface area contributed by atoms with Crippen molar-refractivity contribution in [3.05, 3.63) is 63.7 Å². The SMILES string of the molecule is COc1ccc(F)c(CNc2ccc(S(=O)(=O)N(OC(=O)C(F)(F)F)c3cscn3)c(F)c2F)c1CN1C2CCC1CC2. The number of nitrogens with zero attached hydrogens (tertiary/aromatic N) is 3. The van der Waals surface area contributed by atoms with Crippen LogP contribution in [0.5, 0.6) is 5.75 Å². The third kappa shape index (κ3) is 5.97. The van der Waals surface area contributed by atoms with E-state index in [0.29, 0.717) is 36.0 Å². The first-order chi connectivity index (χ1) is 20.3. The number of carbonyl (C=O) groups excluding carboxylic acids is 1. The third-order valence-electron chi connectivity index (χ3n) is 7.50. The standard InChI is InChI=1S/C26H24F6N4O5S2/c1-40-20-8-6-18(27)16(17(20)11-35-14-2-3-15(35)5-4-14)10-33-19-7-9-21(24(29)23(19)28)43(38,39)36(22-12-42-13-34-22)41-25(37)26(30,31)32/h6-9,12-15,33H,2-5,10-11H2,1H3. The zero-order valence-electron chi connectivity index (χ0n) is 22.3. The number of rotatable bonds is 10. The Bertz CT molecular complexity index is 1600. The van der Waals surface area contributed by atoms with Gasteiger partial charge in [0, 0.05) is 41.7 Å². The minimum Gasteiger partial charge on any atom is -0.496 e. The quantitative estimate of drug-likeness (QED) is 0.226. The van der Waals surface area contributed by atoms with Crippen LogP contribution >= 0.6 is 11.3 Å². The van der Waals surface area contributed by atoms with Crippen LogP contribution < -0.4 is 14.5 Å². The van der Waals surface area contributed by atoms with Gasteiger partial charge in [-0.15, -0.1) is 11.3 Å². The molecule has 1 N–H and O–H groups in total. The number of fused-ring (bicyclic) bond motifs is 2. The van der Waals surface area contributed by atoms with Crippen molar-refractivity contribution < 1.29 is 49.1 Å². The predicted molar refractivity (Wildman–Crippen MR) is 142 cm³/mol. The molecule has 0 spiro atoms. The first-order valence-electron chi connectivity index (χ1n) is 12.9. The van der Waals surface area contributed by atoms with Crippen molar-refractivity contribution in [3.63, 3.8) is 0 Å². The van der Waals surface area contributed by atoms with Gasteiger partial charge in [-0.2, -0.15) is 21.6 Å². The molecule has 0 aliphatic carbocycles. The fraction of sp³-hybridized carbons (Fsp3) is 0.385. The van der Waals surface area contributed by atoms with Gasteiger partial charge in [-0.3, -0.25) is 4.90 Å². The second-order valence-electron chi connectivity index (χ2n) is 9.89. The number of hydrogen-bond donors (Lipinski definition) is 1. The monoisotopic (exact) mass is 650 g/mol. The van der Waals surface area contributed by atoms with Crippen LogP contribution in [0.2, 0.25) is 0 Å². The fourth-order valence-electron chi connectivity index (χ4n) is 5.44. The summed E-state index contributed by atoms with van der Waals surface area (Å²) in [6.45, 7) is 0.0442. The number of aromatic nitrogens is 1. The van der Waals surface area contributed by atoms with Crippen molar-refractivity contribution in [1.82, 2.24) is 9.88 Å². The van der Waals surface area contributed by atoms with Gasteiger partial charge in [0.2, 0.25) is 0 Å². The lowest BCUT2D eigenvalue weighted by Gasteiger charge is -2.25. The van der Waals surface area contributed by atoms with E-state index in [2.05, 4.69) is 20.0 Å². The molecule has 232 valence electrons. The van der Waals surface area contributed by atoms with E-state index in [1.165, 1.54) is 19.2 Å². The molecule has 0 saturated carbocycles. The Labute approximate surface area is 246 Å². The van der Waals surface area contributed by atoms with Gasteiger partial charge < -0.3 is 14.9 Å². The molecule has 2 bridgehead atoms. The number of halogens is 6. The number of anilines is 2. The molecule has 9 nitrogen and oxygen atoms in total. The van der Waals surface area contributed by atoms with E-state index in [0.717, 1.165) is 54.0 Å². The van der Waals surface area contributed by atoms with Crippen LogP contribution in [0.4, 0.5) is 37.8 Å². The van der Waals surface area contributed by atoms with Crippen LogP contribution in [0, 0.1) is 17.5 Å². The third-order valence-corrected chi connectivity index (χ3v) is 9.64. The predicted octanol–water partition coefficient (Wildman–Crippen LogP) is 5.52. The molecule has 2 fully saturated rings. The number of alkyl halides is 3. The van der Waals surface area contributed by atoms with Crippen LogP contribution in [0.1, 0.15) is 36.8 Å². The van der Waals surface area contributed by atoms with Gasteiger partial charge in [-0.25, -0.2) is 22.9 Å². The number of ether oxygens (including phenoxy) is 1. The lowest BCUT2D eigenvalue weighted by atomic mass is 10.0. The molecule has 2 aromatic carbocycles. The highest BCUT2D eigenvalue weighted by molar-refractivity contribution is 7.92. The minimum absolute atomic E-state index is 0.135. The Morgan fingerprint density at radius 3 is 2.33 bits per heavy atom. The molecule has 3 aromatic rings. The van der Waals surface area contributed by atoms with Crippen LogP contribution in [-0.2, 0) is 32.7 Å². The Morgan fingerprint density at radius 1 is 1.07 bits per heavy atom. The Kier molecular flexibility index (Phi) is 8.50. The number of sulfonamides is 1. The zero-order chi connectivity index (χ0) is 31.1. The first kappa shape index (κ1) is 30.9. The van der Waals surface area contributed by atoms with Crippen molar-refractivity contribution in [1.29, 1.82) is 0 Å². The van der Waals surface area contributed by atoms with E-state index in [9.17, 15) is 26.4 Å². The molecule has 0 atom stereocenters. The van der Waals surface area contributed by atoms with Gasteiger partial charge in [0.25, 0.3) is 10.0 Å². The Balaban J connectivity index is 1.42. The largest absolute Gasteiger partial charge is 0.496 e. The summed E-state index contributed by atoms with van der Waals surface area (Å²) in [6.07, 6.45) is -1.48. The van der Waals surface area contributed by atoms with Crippen molar-refractivity contribution in [2.45, 2.75) is 61.9 Å². The molecule has 17 heteroatoms. The number of hydrogen-bond acceptors (Lipinski definition) is 9. The lowest BCUT2D eigenvalue weighted by Crippen LogP contribution is -2.39. The van der Waals surface area contributed by atoms with E-state index < -0.39 is 60.5 Å². The lowest BCUT2D eigenvalue weighted by molar-refractivity contribution is -0.199. The number of carbonyl (C=O) groups is 1. The maximum Gasteiger partial charge on any atom is 0.493 e. The van der Waals surface area contributed by atoms with Gasteiger partial charge in [0.05, 0.1) is 18.3 Å². The summed E-state index contributed by atoms with van der Waals surface area (Å²) in [7, 11) is -4.02. The maximum atomic E-state index is 15.2. The van der Waals surface area contributed by atoms with E-state index >= 15 is 13.2 Å². The van der Waals surface area contributed by atoms with Gasteiger partial charge >= 0.3 is 12.1 Å². The zero-order valence-corrected chi connectivity index (χ0v) is 24.0. The summed E-state index contributed by atoms with van der Waals surface area (Å²) < 4.78 is 115. The molecule has 0 amide bonds. The first-order valence-corrected chi connectivity index (χ1v) is 15.3. The van der Waals surface area contributed by atoms with Crippen molar-refractivity contribution >= 4 is 38.8 Å². The Hall–Kier alpha value is -3.57. The fourth-order valence-corrected chi connectivity index (χ4v) is 7.26. The average molecular weight is 651 g/mol. The van der Waals surface area contributed by atoms with Crippen LogP contribution in [0.25, 0.3) is 0 Å². The van der Waals surface area contributed by atoms with Crippen LogP contribution in [0.15, 0.2) is 40.1 Å². The summed E-state index contributed by atoms with van der Waals surface area (Å²) in [5.74, 6) is -7.64. The molecular formula is C26H24F6N4O5S2. The molecule has 2 aliphatic rings. The topological polar surface area (TPSA) is 101 Å². The molecule has 2 saturated heterocycles. The molecule has 43 heavy (non-hydrogen) atoms.